The van der Waals surface area contributed by atoms with Crippen molar-refractivity contribution in [1.29, 1.82) is 0 Å². The molecule has 114 valence electrons. The zero-order valence-electron chi connectivity index (χ0n) is 13.0. The average Bonchev–Trinajstić information content (AvgIpc) is 2.47. The van der Waals surface area contributed by atoms with Crippen molar-refractivity contribution in [2.24, 2.45) is 0 Å². The first-order valence-electron chi connectivity index (χ1n) is 7.21. The summed E-state index contributed by atoms with van der Waals surface area (Å²) in [7, 11) is 0. The van der Waals surface area contributed by atoms with Crippen LogP contribution in [-0.2, 0) is 0 Å². The average molecular weight is 312 g/mol. The van der Waals surface area contributed by atoms with Crippen molar-refractivity contribution in [3.8, 4) is 0 Å². The molecule has 2 aromatic carbocycles. The minimum absolute atomic E-state index is 0.0375. The summed E-state index contributed by atoms with van der Waals surface area (Å²) in [5.41, 5.74) is 3.88. The Labute approximate surface area is 136 Å². The number of hydrogen-bond acceptors (Lipinski definition) is 2. The third-order valence-corrected chi connectivity index (χ3v) is 3.67. The molecule has 4 heteroatoms. The van der Waals surface area contributed by atoms with Crippen molar-refractivity contribution < 1.29 is 4.79 Å². The van der Waals surface area contributed by atoms with Crippen LogP contribution in [0.25, 0.3) is 0 Å². The molecule has 0 fully saturated rings. The van der Waals surface area contributed by atoms with E-state index in [9.17, 15) is 4.79 Å². The van der Waals surface area contributed by atoms with E-state index in [1.54, 1.807) is 19.1 Å². The molecule has 1 atom stereocenters. The van der Waals surface area contributed by atoms with Crippen molar-refractivity contribution in [2.75, 3.05) is 5.32 Å². The van der Waals surface area contributed by atoms with Gasteiger partial charge < -0.3 is 10.6 Å². The molecule has 0 radical (unpaired) electrons. The number of hydrogen-bond donors (Lipinski definition) is 2. The van der Waals surface area contributed by atoms with Crippen molar-refractivity contribution >= 4 is 28.8 Å². The van der Waals surface area contributed by atoms with E-state index in [0.29, 0.717) is 10.7 Å². The molecule has 0 aromatic heterocycles. The van der Waals surface area contributed by atoms with Gasteiger partial charge in [-0.15, -0.1) is 0 Å². The van der Waals surface area contributed by atoms with Gasteiger partial charge in [0.1, 0.15) is 0 Å². The van der Waals surface area contributed by atoms with Crippen LogP contribution in [0, 0.1) is 6.92 Å². The Morgan fingerprint density at radius 1 is 1.14 bits per heavy atom. The Morgan fingerprint density at radius 3 is 2.45 bits per heavy atom. The first-order valence-corrected chi connectivity index (χ1v) is 7.61. The van der Waals surface area contributed by atoms with Gasteiger partial charge in [0.25, 0.3) is 0 Å². The predicted molar refractivity (Wildman–Crippen MR) is 95.4 cm³/mol. The lowest BCUT2D eigenvalue weighted by atomic mass is 10.1. The number of aryl methyl sites for hydroxylation is 1. The van der Waals surface area contributed by atoms with Gasteiger partial charge in [-0.3, -0.25) is 4.79 Å². The molecule has 0 aliphatic heterocycles. The van der Waals surface area contributed by atoms with Crippen LogP contribution in [-0.4, -0.2) is 10.9 Å². The molecule has 0 bridgehead atoms. The van der Waals surface area contributed by atoms with E-state index < -0.39 is 0 Å². The zero-order valence-corrected chi connectivity index (χ0v) is 13.8. The highest BCUT2D eigenvalue weighted by Gasteiger charge is 2.07. The van der Waals surface area contributed by atoms with Crippen molar-refractivity contribution in [1.82, 2.24) is 5.32 Å². The molecule has 0 saturated heterocycles. The molecule has 1 unspecified atom stereocenters. The first-order chi connectivity index (χ1) is 10.5. The lowest BCUT2D eigenvalue weighted by Crippen LogP contribution is -2.30. The molecule has 22 heavy (non-hydrogen) atoms. The van der Waals surface area contributed by atoms with E-state index in [1.807, 2.05) is 12.1 Å². The minimum Gasteiger partial charge on any atom is -0.356 e. The highest BCUT2D eigenvalue weighted by molar-refractivity contribution is 7.80. The number of thiocarbonyl (C=S) groups is 1. The van der Waals surface area contributed by atoms with Crippen LogP contribution in [0.15, 0.2) is 48.5 Å². The second kappa shape index (κ2) is 7.18. The highest BCUT2D eigenvalue weighted by atomic mass is 32.1. The molecule has 0 heterocycles. The molecule has 2 N–H and O–H groups in total. The molecule has 0 aliphatic carbocycles. The van der Waals surface area contributed by atoms with Crippen LogP contribution >= 0.6 is 12.2 Å². The molecular weight excluding hydrogens is 292 g/mol. The monoisotopic (exact) mass is 312 g/mol. The second-order valence-corrected chi connectivity index (χ2v) is 5.78. The number of rotatable bonds is 4. The van der Waals surface area contributed by atoms with Gasteiger partial charge in [0, 0.05) is 11.3 Å². The fraction of sp³-hybridized carbons (Fsp3) is 0.222. The summed E-state index contributed by atoms with van der Waals surface area (Å²) in [4.78, 5) is 11.4. The van der Waals surface area contributed by atoms with E-state index in [1.165, 1.54) is 11.1 Å². The fourth-order valence-corrected chi connectivity index (χ4v) is 2.41. The summed E-state index contributed by atoms with van der Waals surface area (Å²) in [5.74, 6) is 0.0375. The van der Waals surface area contributed by atoms with E-state index in [2.05, 4.69) is 48.7 Å². The number of anilines is 1. The lowest BCUT2D eigenvalue weighted by Gasteiger charge is -2.17. The van der Waals surface area contributed by atoms with Crippen LogP contribution < -0.4 is 10.6 Å². The van der Waals surface area contributed by atoms with Gasteiger partial charge in [0.15, 0.2) is 10.9 Å². The smallest absolute Gasteiger partial charge is 0.171 e. The Balaban J connectivity index is 1.99. The highest BCUT2D eigenvalue weighted by Crippen LogP contribution is 2.15. The quantitative estimate of drug-likeness (QED) is 0.654. The largest absolute Gasteiger partial charge is 0.356 e. The molecule has 3 nitrogen and oxygen atoms in total. The Hall–Kier alpha value is -2.20. The summed E-state index contributed by atoms with van der Waals surface area (Å²) in [6.45, 7) is 5.68. The maximum atomic E-state index is 11.4. The maximum Gasteiger partial charge on any atom is 0.171 e. The van der Waals surface area contributed by atoms with Crippen molar-refractivity contribution in [2.45, 2.75) is 26.8 Å². The summed E-state index contributed by atoms with van der Waals surface area (Å²) in [5, 5.41) is 6.90. The second-order valence-electron chi connectivity index (χ2n) is 5.37. The van der Waals surface area contributed by atoms with Crippen LogP contribution in [0.1, 0.15) is 41.4 Å². The number of nitrogens with one attached hydrogen (secondary N) is 2. The number of ketones is 1. The number of benzene rings is 2. The fourth-order valence-electron chi connectivity index (χ4n) is 2.12. The van der Waals surface area contributed by atoms with Gasteiger partial charge in [-0.1, -0.05) is 42.0 Å². The van der Waals surface area contributed by atoms with Crippen LogP contribution in [0.3, 0.4) is 0 Å². The molecular formula is C18H20N2OS. The van der Waals surface area contributed by atoms with Gasteiger partial charge in [-0.25, -0.2) is 0 Å². The Bertz CT molecular complexity index is 680. The van der Waals surface area contributed by atoms with Crippen molar-refractivity contribution in [3.05, 3.63) is 65.2 Å². The topological polar surface area (TPSA) is 41.1 Å². The van der Waals surface area contributed by atoms with E-state index in [0.717, 1.165) is 5.69 Å². The molecule has 2 rings (SSSR count). The van der Waals surface area contributed by atoms with Gasteiger partial charge >= 0.3 is 0 Å². The van der Waals surface area contributed by atoms with Gasteiger partial charge in [0.05, 0.1) is 6.04 Å². The molecule has 0 amide bonds. The third kappa shape index (κ3) is 4.40. The number of carbonyl (C=O) groups excluding carboxylic acids is 1. The van der Waals surface area contributed by atoms with Gasteiger partial charge in [0.2, 0.25) is 0 Å². The predicted octanol–water partition coefficient (Wildman–Crippen LogP) is 4.25. The first kappa shape index (κ1) is 16.2. The Kier molecular flexibility index (Phi) is 5.28. The van der Waals surface area contributed by atoms with Crippen LogP contribution in [0.5, 0.6) is 0 Å². The Morgan fingerprint density at radius 2 is 1.82 bits per heavy atom. The van der Waals surface area contributed by atoms with Crippen molar-refractivity contribution in [3.63, 3.8) is 0 Å². The zero-order chi connectivity index (χ0) is 16.1. The van der Waals surface area contributed by atoms with E-state index in [4.69, 9.17) is 12.2 Å². The molecule has 0 saturated carbocycles. The van der Waals surface area contributed by atoms with Gasteiger partial charge in [-0.2, -0.15) is 0 Å². The van der Waals surface area contributed by atoms with Crippen LogP contribution in [0.2, 0.25) is 0 Å². The van der Waals surface area contributed by atoms with E-state index in [-0.39, 0.29) is 11.8 Å². The number of carbonyl (C=O) groups is 1. The standard InChI is InChI=1S/C18H20N2OS/c1-12-7-9-15(10-8-12)13(2)19-18(22)20-17-6-4-5-16(11-17)14(3)21/h4-11,13H,1-3H3,(H2,19,20,22). The molecule has 0 spiro atoms. The molecule has 0 aliphatic rings. The summed E-state index contributed by atoms with van der Waals surface area (Å²) >= 11 is 5.34. The summed E-state index contributed by atoms with van der Waals surface area (Å²) < 4.78 is 0. The number of Topliss-reactive ketones (excluding diaryl/α,β-unsaturated/α-hetero) is 1. The lowest BCUT2D eigenvalue weighted by molar-refractivity contribution is 0.101. The van der Waals surface area contributed by atoms with Gasteiger partial charge in [-0.05, 0) is 50.7 Å². The molecule has 2 aromatic rings. The van der Waals surface area contributed by atoms with E-state index >= 15 is 0 Å². The SMILES string of the molecule is CC(=O)c1cccc(NC(=S)NC(C)c2ccc(C)cc2)c1. The minimum atomic E-state index is 0.0375. The van der Waals surface area contributed by atoms with Crippen LogP contribution in [0.4, 0.5) is 5.69 Å². The maximum absolute atomic E-state index is 11.4. The normalized spacial score (nSPS) is 11.6. The third-order valence-electron chi connectivity index (χ3n) is 3.45. The summed E-state index contributed by atoms with van der Waals surface area (Å²) in [6.07, 6.45) is 0. The summed E-state index contributed by atoms with van der Waals surface area (Å²) in [6, 6.07) is 15.8.